The molecule has 0 fully saturated rings. The Morgan fingerprint density at radius 2 is 2.05 bits per heavy atom. The Kier molecular flexibility index (Phi) is 6.87. The van der Waals surface area contributed by atoms with Crippen molar-refractivity contribution in [3.05, 3.63) is 72.1 Å². The highest BCUT2D eigenvalue weighted by atomic mass is 16.5. The Bertz CT molecular complexity index is 1440. The molecule has 1 aliphatic rings. The molecule has 2 N–H and O–H groups in total. The van der Waals surface area contributed by atoms with E-state index >= 15 is 0 Å². The summed E-state index contributed by atoms with van der Waals surface area (Å²) in [5.41, 5.74) is 3.61. The first-order chi connectivity index (χ1) is 18.0. The van der Waals surface area contributed by atoms with Crippen molar-refractivity contribution in [1.29, 1.82) is 0 Å². The van der Waals surface area contributed by atoms with Crippen LogP contribution in [0.4, 0.5) is 5.69 Å². The Morgan fingerprint density at radius 1 is 1.22 bits per heavy atom. The smallest absolute Gasteiger partial charge is 0.249 e. The Hall–Kier alpha value is -4.24. The molecule has 3 aromatic carbocycles. The summed E-state index contributed by atoms with van der Waals surface area (Å²) in [7, 11) is 3.34. The summed E-state index contributed by atoms with van der Waals surface area (Å²) in [6.45, 7) is 2.05. The van der Waals surface area contributed by atoms with Crippen LogP contribution in [0, 0.1) is 0 Å². The lowest BCUT2D eigenvalue weighted by Gasteiger charge is -2.28. The minimum Gasteiger partial charge on any atom is -0.496 e. The Labute approximate surface area is 214 Å². The summed E-state index contributed by atoms with van der Waals surface area (Å²) < 4.78 is 10.6. The van der Waals surface area contributed by atoms with E-state index in [9.17, 15) is 9.59 Å². The predicted molar refractivity (Wildman–Crippen MR) is 140 cm³/mol. The van der Waals surface area contributed by atoms with E-state index in [2.05, 4.69) is 20.8 Å². The van der Waals surface area contributed by atoms with E-state index in [1.165, 1.54) is 6.39 Å². The van der Waals surface area contributed by atoms with E-state index in [0.29, 0.717) is 24.4 Å². The highest BCUT2D eigenvalue weighted by molar-refractivity contribution is 6.02. The van der Waals surface area contributed by atoms with Gasteiger partial charge in [0.15, 0.2) is 0 Å². The van der Waals surface area contributed by atoms with Gasteiger partial charge < -0.3 is 24.8 Å². The fraction of sp³-hybridized carbons (Fsp3) is 0.286. The molecule has 9 heteroatoms. The lowest BCUT2D eigenvalue weighted by Crippen LogP contribution is -2.52. The van der Waals surface area contributed by atoms with Crippen molar-refractivity contribution in [1.82, 2.24) is 20.8 Å². The second-order valence-electron chi connectivity index (χ2n) is 9.10. The molecule has 190 valence electrons. The number of methoxy groups -OCH3 is 1. The normalized spacial score (nSPS) is 16.2. The first-order valence-electron chi connectivity index (χ1n) is 12.2. The second-order valence-corrected chi connectivity index (χ2v) is 9.10. The van der Waals surface area contributed by atoms with Crippen LogP contribution in [0.3, 0.4) is 0 Å². The van der Waals surface area contributed by atoms with E-state index in [1.807, 2.05) is 54.6 Å². The van der Waals surface area contributed by atoms with E-state index < -0.39 is 12.1 Å². The first-order valence-corrected chi connectivity index (χ1v) is 12.2. The number of aromatic nitrogens is 2. The zero-order valence-electron chi connectivity index (χ0n) is 21.0. The van der Waals surface area contributed by atoms with Gasteiger partial charge in [-0.25, -0.2) is 0 Å². The number of aryl methyl sites for hydroxylation is 1. The zero-order chi connectivity index (χ0) is 25.9. The van der Waals surface area contributed by atoms with Gasteiger partial charge in [-0.15, -0.1) is 0 Å². The van der Waals surface area contributed by atoms with Gasteiger partial charge in [-0.1, -0.05) is 41.6 Å². The minimum atomic E-state index is -0.637. The number of rotatable bonds is 7. The topological polar surface area (TPSA) is 110 Å². The maximum absolute atomic E-state index is 13.9. The van der Waals surface area contributed by atoms with Gasteiger partial charge in [0.25, 0.3) is 0 Å². The number of nitrogens with zero attached hydrogens (tertiary/aromatic N) is 3. The second kappa shape index (κ2) is 10.4. The lowest BCUT2D eigenvalue weighted by molar-refractivity contribution is -0.128. The number of carbonyl (C=O) groups is 2. The van der Waals surface area contributed by atoms with E-state index in [-0.39, 0.29) is 18.4 Å². The van der Waals surface area contributed by atoms with Gasteiger partial charge in [0.05, 0.1) is 19.7 Å². The van der Waals surface area contributed by atoms with Gasteiger partial charge in [0.1, 0.15) is 11.8 Å². The Morgan fingerprint density at radius 3 is 2.81 bits per heavy atom. The van der Waals surface area contributed by atoms with E-state index in [1.54, 1.807) is 26.0 Å². The van der Waals surface area contributed by atoms with E-state index in [4.69, 9.17) is 9.26 Å². The average Bonchev–Trinajstić information content (AvgIpc) is 3.44. The number of para-hydroxylation sites is 1. The Balaban J connectivity index is 1.56. The molecule has 0 spiro atoms. The van der Waals surface area contributed by atoms with Crippen molar-refractivity contribution in [2.45, 2.75) is 38.4 Å². The molecular formula is C28H29N5O4. The molecular weight excluding hydrogens is 470 g/mol. The number of anilines is 1. The number of hydrogen-bond donors (Lipinski definition) is 2. The number of benzene rings is 3. The molecule has 1 unspecified atom stereocenters. The first kappa shape index (κ1) is 24.5. The van der Waals surface area contributed by atoms with Crippen molar-refractivity contribution >= 4 is 28.3 Å². The van der Waals surface area contributed by atoms with Gasteiger partial charge >= 0.3 is 0 Å². The number of nitrogens with one attached hydrogen (secondary N) is 2. The monoisotopic (exact) mass is 499 g/mol. The predicted octanol–water partition coefficient (Wildman–Crippen LogP) is 3.47. The van der Waals surface area contributed by atoms with Crippen LogP contribution in [-0.4, -0.2) is 48.2 Å². The number of carbonyl (C=O) groups excluding carboxylic acids is 2. The lowest BCUT2D eigenvalue weighted by atomic mass is 10.00. The fourth-order valence-electron chi connectivity index (χ4n) is 4.76. The summed E-state index contributed by atoms with van der Waals surface area (Å²) in [5.74, 6) is 0.830. The quantitative estimate of drug-likeness (QED) is 0.401. The van der Waals surface area contributed by atoms with Gasteiger partial charge in [0, 0.05) is 16.8 Å². The summed E-state index contributed by atoms with van der Waals surface area (Å²) >= 11 is 0. The van der Waals surface area contributed by atoms with Crippen molar-refractivity contribution < 1.29 is 18.8 Å². The molecule has 0 aliphatic carbocycles. The molecule has 1 aromatic heterocycles. The maximum atomic E-state index is 13.9. The summed E-state index contributed by atoms with van der Waals surface area (Å²) in [6, 6.07) is 16.6. The third kappa shape index (κ3) is 4.77. The van der Waals surface area contributed by atoms with Gasteiger partial charge in [-0.05, 0) is 61.3 Å². The van der Waals surface area contributed by atoms with Crippen LogP contribution in [0.2, 0.25) is 0 Å². The molecule has 2 amide bonds. The number of likely N-dealkylation sites (N-methyl/N-ethyl adjacent to an activating group) is 1. The molecule has 0 bridgehead atoms. The molecule has 2 atom stereocenters. The summed E-state index contributed by atoms with van der Waals surface area (Å²) in [4.78, 5) is 32.5. The van der Waals surface area contributed by atoms with Crippen molar-refractivity contribution in [3.63, 3.8) is 0 Å². The SMILES string of the molecule is CN[C@@H](C)C(=O)NC1CCc2ccccc2N(Cc2c(OC)ccc3cc(-c4ncon4)ccc23)C1=O. The van der Waals surface area contributed by atoms with Gasteiger partial charge in [-0.2, -0.15) is 4.98 Å². The number of ether oxygens (including phenoxy) is 1. The fourth-order valence-corrected chi connectivity index (χ4v) is 4.76. The molecule has 0 saturated carbocycles. The van der Waals surface area contributed by atoms with Crippen LogP contribution in [0.15, 0.2) is 65.5 Å². The highest BCUT2D eigenvalue weighted by Crippen LogP contribution is 2.35. The van der Waals surface area contributed by atoms with Crippen molar-refractivity contribution in [2.24, 2.45) is 0 Å². The molecule has 1 aliphatic heterocycles. The molecule has 37 heavy (non-hydrogen) atoms. The standard InChI is InChI=1S/C28H29N5O4/c1-17(29-2)27(34)31-23-12-9-18-6-4-5-7-24(18)33(28(23)35)15-22-21-11-8-20(26-30-16-37-32-26)14-19(21)10-13-25(22)36-3/h4-8,10-11,13-14,16-17,23,29H,9,12,15H2,1-3H3,(H,31,34)/t17-,23?/m0/s1. The largest absolute Gasteiger partial charge is 0.496 e. The third-order valence-electron chi connectivity index (χ3n) is 6.94. The zero-order valence-corrected chi connectivity index (χ0v) is 21.0. The third-order valence-corrected chi connectivity index (χ3v) is 6.94. The van der Waals surface area contributed by atoms with Crippen LogP contribution in [-0.2, 0) is 22.6 Å². The molecule has 0 radical (unpaired) electrons. The van der Waals surface area contributed by atoms with Crippen LogP contribution in [0.1, 0.15) is 24.5 Å². The molecule has 9 nitrogen and oxygen atoms in total. The summed E-state index contributed by atoms with van der Waals surface area (Å²) in [5, 5.41) is 11.7. The number of fused-ring (bicyclic) bond motifs is 2. The van der Waals surface area contributed by atoms with Crippen LogP contribution in [0.25, 0.3) is 22.2 Å². The molecule has 0 saturated heterocycles. The molecule has 2 heterocycles. The van der Waals surface area contributed by atoms with Gasteiger partial charge in [-0.3, -0.25) is 9.59 Å². The van der Waals surface area contributed by atoms with Crippen molar-refractivity contribution in [2.75, 3.05) is 19.1 Å². The average molecular weight is 500 g/mol. The van der Waals surface area contributed by atoms with Crippen LogP contribution in [0.5, 0.6) is 5.75 Å². The van der Waals surface area contributed by atoms with Crippen LogP contribution >= 0.6 is 0 Å². The van der Waals surface area contributed by atoms with Crippen LogP contribution < -0.4 is 20.3 Å². The van der Waals surface area contributed by atoms with Crippen molar-refractivity contribution in [3.8, 4) is 17.1 Å². The summed E-state index contributed by atoms with van der Waals surface area (Å²) in [6.07, 6.45) is 2.50. The van der Waals surface area contributed by atoms with Gasteiger partial charge in [0.2, 0.25) is 24.0 Å². The maximum Gasteiger partial charge on any atom is 0.249 e. The highest BCUT2D eigenvalue weighted by Gasteiger charge is 2.33. The molecule has 4 aromatic rings. The number of hydrogen-bond acceptors (Lipinski definition) is 7. The molecule has 5 rings (SSSR count). The van der Waals surface area contributed by atoms with E-state index in [0.717, 1.165) is 33.2 Å². The number of amides is 2. The minimum absolute atomic E-state index is 0.149.